The van der Waals surface area contributed by atoms with Crippen LogP contribution in [0.4, 0.5) is 0 Å². The Bertz CT molecular complexity index is 767. The lowest BCUT2D eigenvalue weighted by Crippen LogP contribution is -2.08. The second-order valence-corrected chi connectivity index (χ2v) is 10.4. The lowest BCUT2D eigenvalue weighted by Gasteiger charge is -2.18. The molecular weight excluding hydrogens is 436 g/mol. The molecule has 0 N–H and O–H groups in total. The van der Waals surface area contributed by atoms with Gasteiger partial charge in [-0.25, -0.2) is 0 Å². The van der Waals surface area contributed by atoms with E-state index in [4.69, 9.17) is 21.7 Å². The van der Waals surface area contributed by atoms with E-state index in [2.05, 4.69) is 33.1 Å². The molecule has 0 aromatic heterocycles. The first-order valence-corrected chi connectivity index (χ1v) is 14.2. The number of thiocarbonyl (C=S) groups is 1. The molecule has 2 rings (SSSR count). The van der Waals surface area contributed by atoms with Crippen LogP contribution in [0.3, 0.4) is 0 Å². The minimum absolute atomic E-state index is 0.425. The molecule has 3 heteroatoms. The van der Waals surface area contributed by atoms with E-state index in [1.807, 2.05) is 12.2 Å². The van der Waals surface area contributed by atoms with Crippen LogP contribution in [0.15, 0.2) is 31.4 Å². The Hall–Kier alpha value is -1.61. The molecule has 0 spiro atoms. The van der Waals surface area contributed by atoms with Gasteiger partial charge in [-0.15, -0.1) is 13.2 Å². The molecule has 2 nitrogen and oxygen atoms in total. The molecule has 1 atom stereocenters. The smallest absolute Gasteiger partial charge is 0.164 e. The van der Waals surface area contributed by atoms with Gasteiger partial charge in [0.25, 0.3) is 0 Å². The fourth-order valence-electron chi connectivity index (χ4n) is 4.85. The van der Waals surface area contributed by atoms with E-state index < -0.39 is 0 Å². The molecule has 34 heavy (non-hydrogen) atoms. The molecule has 1 aliphatic rings. The molecular formula is C31H48O2S. The fourth-order valence-corrected chi connectivity index (χ4v) is 5.21. The highest BCUT2D eigenvalue weighted by molar-refractivity contribution is 7.81. The van der Waals surface area contributed by atoms with Gasteiger partial charge >= 0.3 is 0 Å². The number of hydrogen-bond donors (Lipinski definition) is 0. The largest absolute Gasteiger partial charge is 0.490 e. The van der Waals surface area contributed by atoms with E-state index in [1.165, 1.54) is 80.9 Å². The molecule has 190 valence electrons. The predicted octanol–water partition coefficient (Wildman–Crippen LogP) is 9.50. The minimum atomic E-state index is 0.425. The van der Waals surface area contributed by atoms with Crippen molar-refractivity contribution in [1.29, 1.82) is 0 Å². The average Bonchev–Trinajstić information content (AvgIpc) is 3.11. The van der Waals surface area contributed by atoms with Crippen molar-refractivity contribution >= 4 is 17.1 Å². The van der Waals surface area contributed by atoms with Crippen LogP contribution in [0.25, 0.3) is 0 Å². The van der Waals surface area contributed by atoms with E-state index in [9.17, 15) is 0 Å². The van der Waals surface area contributed by atoms with E-state index in [1.54, 1.807) is 0 Å². The van der Waals surface area contributed by atoms with Crippen LogP contribution < -0.4 is 9.47 Å². The fraction of sp³-hybridized carbons (Fsp3) is 0.645. The Kier molecular flexibility index (Phi) is 14.2. The summed E-state index contributed by atoms with van der Waals surface area (Å²) in [5.41, 5.74) is 3.75. The van der Waals surface area contributed by atoms with Gasteiger partial charge in [0.15, 0.2) is 11.5 Å². The number of fused-ring (bicyclic) bond motifs is 1. The topological polar surface area (TPSA) is 18.5 Å². The summed E-state index contributed by atoms with van der Waals surface area (Å²) < 4.78 is 12.7. The van der Waals surface area contributed by atoms with E-state index in [0.717, 1.165) is 61.7 Å². The Morgan fingerprint density at radius 1 is 0.824 bits per heavy atom. The summed E-state index contributed by atoms with van der Waals surface area (Å²) in [5.74, 6) is 2.27. The number of unbranched alkanes of at least 4 members (excludes halogenated alkanes) is 12. The van der Waals surface area contributed by atoms with Crippen LogP contribution in [0.1, 0.15) is 114 Å². The Labute approximate surface area is 215 Å². The third-order valence-corrected chi connectivity index (χ3v) is 7.50. The van der Waals surface area contributed by atoms with E-state index >= 15 is 0 Å². The summed E-state index contributed by atoms with van der Waals surface area (Å²) in [4.78, 5) is 1.08. The Balaban J connectivity index is 1.84. The molecule has 1 aromatic carbocycles. The number of hydrogen-bond acceptors (Lipinski definition) is 3. The standard InChI is InChI=1S/C31H48O2S/c1-5-7-9-11-13-15-17-19-21-32-28-24-27-23-25(3)31(34)29(27)26(4)30(28)33-22-20-18-16-14-12-10-8-6-2/h5-6,24-25H,1-2,7-23H2,3-4H3. The normalized spacial score (nSPS) is 14.8. The molecule has 0 bridgehead atoms. The third-order valence-electron chi connectivity index (χ3n) is 6.90. The molecule has 0 saturated heterocycles. The predicted molar refractivity (Wildman–Crippen MR) is 152 cm³/mol. The third kappa shape index (κ3) is 9.56. The van der Waals surface area contributed by atoms with Gasteiger partial charge < -0.3 is 9.47 Å². The summed E-state index contributed by atoms with van der Waals surface area (Å²) in [6, 6.07) is 2.21. The van der Waals surface area contributed by atoms with Crippen molar-refractivity contribution in [2.45, 2.75) is 110 Å². The lowest BCUT2D eigenvalue weighted by atomic mass is 10.0. The maximum Gasteiger partial charge on any atom is 0.164 e. The molecule has 1 aromatic rings. The highest BCUT2D eigenvalue weighted by Gasteiger charge is 2.29. The summed E-state index contributed by atoms with van der Waals surface area (Å²) in [7, 11) is 0. The second-order valence-electron chi connectivity index (χ2n) is 9.93. The quantitative estimate of drug-likeness (QED) is 0.104. The van der Waals surface area contributed by atoms with Crippen molar-refractivity contribution in [2.24, 2.45) is 5.92 Å². The number of rotatable bonds is 20. The highest BCUT2D eigenvalue weighted by Crippen LogP contribution is 2.41. The number of benzene rings is 1. The minimum Gasteiger partial charge on any atom is -0.490 e. The molecule has 0 heterocycles. The summed E-state index contributed by atoms with van der Waals surface area (Å²) in [5, 5.41) is 0. The van der Waals surface area contributed by atoms with E-state index in [-0.39, 0.29) is 0 Å². The van der Waals surface area contributed by atoms with Gasteiger partial charge in [-0.3, -0.25) is 0 Å². The van der Waals surface area contributed by atoms with Crippen LogP contribution in [0.2, 0.25) is 0 Å². The van der Waals surface area contributed by atoms with Gasteiger partial charge in [0, 0.05) is 10.4 Å². The molecule has 1 aliphatic carbocycles. The highest BCUT2D eigenvalue weighted by atomic mass is 32.1. The molecule has 0 radical (unpaired) electrons. The van der Waals surface area contributed by atoms with Crippen molar-refractivity contribution in [2.75, 3.05) is 13.2 Å². The van der Waals surface area contributed by atoms with Gasteiger partial charge in [-0.1, -0.05) is 82.7 Å². The second kappa shape index (κ2) is 16.9. The maximum absolute atomic E-state index is 6.35. The van der Waals surface area contributed by atoms with Gasteiger partial charge in [0.05, 0.1) is 13.2 Å². The van der Waals surface area contributed by atoms with E-state index in [0.29, 0.717) is 5.92 Å². The van der Waals surface area contributed by atoms with Gasteiger partial charge in [0.2, 0.25) is 0 Å². The van der Waals surface area contributed by atoms with Crippen molar-refractivity contribution < 1.29 is 9.47 Å². The van der Waals surface area contributed by atoms with Gasteiger partial charge in [-0.05, 0) is 75.0 Å². The Morgan fingerprint density at radius 3 is 1.88 bits per heavy atom. The molecule has 1 unspecified atom stereocenters. The molecule has 0 fully saturated rings. The first kappa shape index (κ1) is 28.6. The summed E-state index contributed by atoms with van der Waals surface area (Å²) >= 11 is 5.77. The SMILES string of the molecule is C=CCCCCCCCCOc1cc2c(c(C)c1OCCCCCCCCC=C)C(=S)C(C)C2. The molecule has 0 aliphatic heterocycles. The maximum atomic E-state index is 6.35. The summed E-state index contributed by atoms with van der Waals surface area (Å²) in [6.45, 7) is 13.5. The Morgan fingerprint density at radius 2 is 1.32 bits per heavy atom. The van der Waals surface area contributed by atoms with Gasteiger partial charge in [0.1, 0.15) is 0 Å². The monoisotopic (exact) mass is 484 g/mol. The zero-order chi connectivity index (χ0) is 24.6. The van der Waals surface area contributed by atoms with Crippen molar-refractivity contribution in [3.63, 3.8) is 0 Å². The zero-order valence-corrected chi connectivity index (χ0v) is 22.8. The van der Waals surface area contributed by atoms with Crippen molar-refractivity contribution in [1.82, 2.24) is 0 Å². The number of allylic oxidation sites excluding steroid dienone is 2. The molecule has 0 saturated carbocycles. The average molecular weight is 485 g/mol. The first-order chi connectivity index (χ1) is 16.6. The van der Waals surface area contributed by atoms with Gasteiger partial charge in [-0.2, -0.15) is 0 Å². The first-order valence-electron chi connectivity index (χ1n) is 13.8. The van der Waals surface area contributed by atoms with Crippen molar-refractivity contribution in [3.05, 3.63) is 48.1 Å². The van der Waals surface area contributed by atoms with Crippen LogP contribution in [-0.2, 0) is 6.42 Å². The lowest BCUT2D eigenvalue weighted by molar-refractivity contribution is 0.257. The summed E-state index contributed by atoms with van der Waals surface area (Å²) in [6.07, 6.45) is 22.3. The van der Waals surface area contributed by atoms with Crippen LogP contribution in [0, 0.1) is 12.8 Å². The van der Waals surface area contributed by atoms with Crippen LogP contribution >= 0.6 is 12.2 Å². The zero-order valence-electron chi connectivity index (χ0n) is 22.0. The van der Waals surface area contributed by atoms with Crippen molar-refractivity contribution in [3.8, 4) is 11.5 Å². The number of ether oxygens (including phenoxy) is 2. The molecule has 0 amide bonds. The van der Waals surface area contributed by atoms with Crippen LogP contribution in [0.5, 0.6) is 11.5 Å². The van der Waals surface area contributed by atoms with Crippen LogP contribution in [-0.4, -0.2) is 18.1 Å².